The molecule has 2 aliphatic heterocycles. The molecule has 2 heterocycles. The van der Waals surface area contributed by atoms with Crippen LogP contribution in [0, 0.1) is 34.5 Å². The summed E-state index contributed by atoms with van der Waals surface area (Å²) >= 11 is 0. The second kappa shape index (κ2) is 13.4. The van der Waals surface area contributed by atoms with Gasteiger partial charge in [-0.2, -0.15) is 0 Å². The van der Waals surface area contributed by atoms with Crippen LogP contribution in [-0.2, 0) is 28.5 Å². The Morgan fingerprint density at radius 3 is 1.84 bits per heavy atom. The number of rotatable bonds is 4. The Kier molecular flexibility index (Phi) is 11.2. The van der Waals surface area contributed by atoms with Crippen molar-refractivity contribution in [3.05, 3.63) is 0 Å². The molecule has 4 saturated carbocycles. The van der Waals surface area contributed by atoms with Gasteiger partial charge in [-0.1, -0.05) is 13.8 Å². The summed E-state index contributed by atoms with van der Waals surface area (Å²) in [6.45, 7) is 15.4. The summed E-state index contributed by atoms with van der Waals surface area (Å²) in [5, 5.41) is 0. The molecular weight excluding hydrogens is 774 g/mol. The first kappa shape index (κ1) is 36.1. The summed E-state index contributed by atoms with van der Waals surface area (Å²) in [6.07, 6.45) is 8.03. The average molecular weight is 831 g/mol. The van der Waals surface area contributed by atoms with Crippen molar-refractivity contribution in [3.8, 4) is 0 Å². The van der Waals surface area contributed by atoms with Crippen LogP contribution in [0.3, 0.4) is 0 Å². The van der Waals surface area contributed by atoms with Gasteiger partial charge in [0.15, 0.2) is 12.2 Å². The fourth-order valence-corrected chi connectivity index (χ4v) is 11.3. The van der Waals surface area contributed by atoms with Crippen molar-refractivity contribution in [2.24, 2.45) is 34.5 Å². The van der Waals surface area contributed by atoms with Gasteiger partial charge >= 0.3 is 11.9 Å². The maximum Gasteiger partial charge on any atom is 0.303 e. The summed E-state index contributed by atoms with van der Waals surface area (Å²) < 4.78 is 25.9. The van der Waals surface area contributed by atoms with Crippen molar-refractivity contribution < 1.29 is 85.5 Å². The Labute approximate surface area is 293 Å². The highest BCUT2D eigenvalue weighted by Gasteiger charge is 2.68. The second-order valence-electron chi connectivity index (χ2n) is 15.8. The maximum atomic E-state index is 12.5. The Hall–Kier alpha value is 0.240. The van der Waals surface area contributed by atoms with Crippen molar-refractivity contribution in [1.29, 1.82) is 0 Å². The molecule has 4 aliphatic carbocycles. The Morgan fingerprint density at radius 2 is 1.28 bits per heavy atom. The molecular formula is C33H56I2N2O6. The zero-order valence-electron chi connectivity index (χ0n) is 27.3. The van der Waals surface area contributed by atoms with Gasteiger partial charge in [0.2, 0.25) is 0 Å². The standard InChI is InChI=1S/C33H56N2O6.2HI/c1-22(36)40-30-19-24-7-8-25-26(33(24,4)21-29(30)35(6)13-17-39-18-14-35)9-10-32(3)27(25)20-28(31(32)41-23(2)37)34(5)11-15-38-16-12-34;;/h24-31H,7-21H2,1-6H3;2*1H/q+2;;/p-2/t24-,25+,26-,27-,28-,29-,30-,31-,32-,33-;;/m0../s1. The first-order chi connectivity index (χ1) is 19.4. The van der Waals surface area contributed by atoms with E-state index < -0.39 is 0 Å². The third kappa shape index (κ3) is 6.29. The highest BCUT2D eigenvalue weighted by molar-refractivity contribution is 5.66. The zero-order chi connectivity index (χ0) is 29.2. The molecule has 0 amide bonds. The van der Waals surface area contributed by atoms with Gasteiger partial charge < -0.3 is 75.9 Å². The van der Waals surface area contributed by atoms with E-state index in [4.69, 9.17) is 18.9 Å². The zero-order valence-corrected chi connectivity index (χ0v) is 31.6. The lowest BCUT2D eigenvalue weighted by Gasteiger charge is -2.63. The molecule has 0 aromatic heterocycles. The quantitative estimate of drug-likeness (QED) is 0.183. The summed E-state index contributed by atoms with van der Waals surface area (Å²) in [5.74, 6) is 2.22. The lowest BCUT2D eigenvalue weighted by molar-refractivity contribution is -0.945. The molecule has 0 aromatic carbocycles. The van der Waals surface area contributed by atoms with Crippen LogP contribution in [0.25, 0.3) is 0 Å². The minimum atomic E-state index is -0.140. The van der Waals surface area contributed by atoms with E-state index in [9.17, 15) is 9.59 Å². The number of carbonyl (C=O) groups is 2. The topological polar surface area (TPSA) is 71.1 Å². The van der Waals surface area contributed by atoms with Gasteiger partial charge in [-0.15, -0.1) is 0 Å². The predicted molar refractivity (Wildman–Crippen MR) is 155 cm³/mol. The SMILES string of the molecule is CC(=O)O[C@H]1C[C@@H]2CC[C@@H]3[C@H](CC[C@@]4(C)[C@H]3C[C@H]([N+]3(C)CCOCC3)[C@@H]4OC(C)=O)[C@@]2(C)C[C@@H]1[N+]1(C)CCOCC1.[I-].[I-]. The van der Waals surface area contributed by atoms with Crippen LogP contribution in [0.2, 0.25) is 0 Å². The minimum Gasteiger partial charge on any atom is -1.00 e. The van der Waals surface area contributed by atoms with Crippen LogP contribution in [0.4, 0.5) is 0 Å². The fourth-order valence-electron chi connectivity index (χ4n) is 11.3. The van der Waals surface area contributed by atoms with E-state index in [-0.39, 0.29) is 82.9 Å². The number of ether oxygens (including phenoxy) is 4. The molecule has 10 heteroatoms. The monoisotopic (exact) mass is 830 g/mol. The van der Waals surface area contributed by atoms with Crippen LogP contribution in [-0.4, -0.2) is 112 Å². The van der Waals surface area contributed by atoms with Crippen molar-refractivity contribution in [2.75, 3.05) is 66.7 Å². The molecule has 8 nitrogen and oxygen atoms in total. The Balaban J connectivity index is 0.00000212. The van der Waals surface area contributed by atoms with Gasteiger partial charge in [0.1, 0.15) is 38.3 Å². The first-order valence-electron chi connectivity index (χ1n) is 16.6. The van der Waals surface area contributed by atoms with E-state index in [2.05, 4.69) is 27.9 Å². The number of likely N-dealkylation sites (N-methyl/N-ethyl adjacent to an activating group) is 2. The van der Waals surface area contributed by atoms with Gasteiger partial charge in [-0.25, -0.2) is 0 Å². The number of hydrogen-bond donors (Lipinski definition) is 0. The van der Waals surface area contributed by atoms with Crippen molar-refractivity contribution in [3.63, 3.8) is 0 Å². The van der Waals surface area contributed by atoms with Gasteiger partial charge in [0.25, 0.3) is 0 Å². The van der Waals surface area contributed by atoms with Crippen molar-refractivity contribution in [1.82, 2.24) is 0 Å². The molecule has 6 fully saturated rings. The molecule has 6 aliphatic rings. The van der Waals surface area contributed by atoms with E-state index in [0.29, 0.717) is 35.8 Å². The molecule has 0 spiro atoms. The van der Waals surface area contributed by atoms with Crippen LogP contribution < -0.4 is 48.0 Å². The molecule has 10 atom stereocenters. The highest BCUT2D eigenvalue weighted by Crippen LogP contribution is 2.67. The minimum absolute atomic E-state index is 0. The Morgan fingerprint density at radius 1 is 0.721 bits per heavy atom. The van der Waals surface area contributed by atoms with E-state index in [1.54, 1.807) is 13.8 Å². The first-order valence-corrected chi connectivity index (χ1v) is 16.6. The molecule has 248 valence electrons. The van der Waals surface area contributed by atoms with Gasteiger partial charge in [0.05, 0.1) is 40.5 Å². The summed E-state index contributed by atoms with van der Waals surface area (Å²) in [6, 6.07) is 0.659. The summed E-state index contributed by atoms with van der Waals surface area (Å²) in [5.41, 5.74) is 0.259. The molecule has 0 aromatic rings. The van der Waals surface area contributed by atoms with Crippen LogP contribution in [0.5, 0.6) is 0 Å². The van der Waals surface area contributed by atoms with Gasteiger partial charge in [0, 0.05) is 32.1 Å². The number of fused-ring (bicyclic) bond motifs is 5. The molecule has 0 radical (unpaired) electrons. The van der Waals surface area contributed by atoms with Crippen LogP contribution in [0.15, 0.2) is 0 Å². The van der Waals surface area contributed by atoms with Crippen molar-refractivity contribution in [2.45, 2.75) is 96.9 Å². The molecule has 0 unspecified atom stereocenters. The fraction of sp³-hybridized carbons (Fsp3) is 0.939. The third-order valence-corrected chi connectivity index (χ3v) is 13.8. The lowest BCUT2D eigenvalue weighted by Crippen LogP contribution is -3.00. The normalized spacial score (nSPS) is 44.7. The maximum absolute atomic E-state index is 12.5. The number of halogens is 2. The Bertz CT molecular complexity index is 1020. The number of quaternary nitrogens is 2. The molecule has 43 heavy (non-hydrogen) atoms. The van der Waals surface area contributed by atoms with Crippen molar-refractivity contribution >= 4 is 11.9 Å². The number of hydrogen-bond acceptors (Lipinski definition) is 6. The van der Waals surface area contributed by atoms with Crippen LogP contribution >= 0.6 is 0 Å². The molecule has 6 rings (SSSR count). The number of nitrogens with zero attached hydrogens (tertiary/aromatic N) is 2. The van der Waals surface area contributed by atoms with E-state index >= 15 is 0 Å². The smallest absolute Gasteiger partial charge is 0.303 e. The second-order valence-corrected chi connectivity index (χ2v) is 15.8. The lowest BCUT2D eigenvalue weighted by atomic mass is 9.44. The van der Waals surface area contributed by atoms with E-state index in [0.717, 1.165) is 87.3 Å². The largest absolute Gasteiger partial charge is 1.00 e. The molecule has 0 N–H and O–H groups in total. The summed E-state index contributed by atoms with van der Waals surface area (Å²) in [7, 11) is 4.76. The molecule has 0 bridgehead atoms. The number of carbonyl (C=O) groups excluding carboxylic acids is 2. The van der Waals surface area contributed by atoms with Crippen LogP contribution in [0.1, 0.15) is 72.6 Å². The number of esters is 2. The predicted octanol–water partition coefficient (Wildman–Crippen LogP) is -2.19. The highest BCUT2D eigenvalue weighted by atomic mass is 127. The third-order valence-electron chi connectivity index (χ3n) is 13.8. The van der Waals surface area contributed by atoms with Gasteiger partial charge in [-0.3, -0.25) is 9.59 Å². The average Bonchev–Trinajstić information content (AvgIpc) is 3.21. The summed E-state index contributed by atoms with van der Waals surface area (Å²) in [4.78, 5) is 24.8. The van der Waals surface area contributed by atoms with Gasteiger partial charge in [-0.05, 0) is 61.2 Å². The van der Waals surface area contributed by atoms with E-state index in [1.165, 1.54) is 19.3 Å². The number of morpholine rings is 2. The van der Waals surface area contributed by atoms with E-state index in [1.807, 2.05) is 0 Å². The molecule has 2 saturated heterocycles.